The Balaban J connectivity index is 1.27. The van der Waals surface area contributed by atoms with E-state index in [0.717, 1.165) is 54.8 Å². The van der Waals surface area contributed by atoms with Crippen molar-refractivity contribution in [3.63, 3.8) is 0 Å². The largest absolute Gasteiger partial charge is 0.472 e. The molecule has 0 bridgehead atoms. The van der Waals surface area contributed by atoms with E-state index in [2.05, 4.69) is 40.7 Å². The third-order valence-electron chi connectivity index (χ3n) is 12.1. The Bertz CT molecular complexity index is 1040. The first kappa shape index (κ1) is 35.1. The van der Waals surface area contributed by atoms with Crippen molar-refractivity contribution in [3.05, 3.63) is 11.6 Å². The van der Waals surface area contributed by atoms with Crippen LogP contribution < -0.4 is 0 Å². The zero-order chi connectivity index (χ0) is 31.6. The number of phosphoric acid groups is 1. The molecule has 43 heavy (non-hydrogen) atoms. The molecule has 4 aliphatic carbocycles. The van der Waals surface area contributed by atoms with E-state index in [4.69, 9.17) is 13.8 Å². The SMILES string of the molecule is CC(C)CCC[C@@H](C)[C@H]1CC[C@H]2[C@@H]3CC=C4CC(OC(=O)CCOP(=O)(O)OCC[N+](C)(C)C)CC[C@]4(C)[C@H]3CC[C@]12C. The molecule has 0 saturated heterocycles. The second-order valence-electron chi connectivity index (χ2n) is 16.5. The van der Waals surface area contributed by atoms with Crippen LogP contribution in [-0.4, -0.2) is 62.4 Å². The number of fused-ring (bicyclic) bond motifs is 5. The number of esters is 1. The highest BCUT2D eigenvalue weighted by molar-refractivity contribution is 7.47. The number of likely N-dealkylation sites (N-methyl/N-ethyl adjacent to an activating group) is 1. The van der Waals surface area contributed by atoms with Crippen molar-refractivity contribution >= 4 is 13.8 Å². The van der Waals surface area contributed by atoms with Gasteiger partial charge in [0.2, 0.25) is 0 Å². The molecule has 0 aromatic rings. The first-order valence-electron chi connectivity index (χ1n) is 17.4. The molecule has 0 aromatic heterocycles. The van der Waals surface area contributed by atoms with Crippen molar-refractivity contribution in [2.24, 2.45) is 46.3 Å². The molecule has 0 spiro atoms. The fraction of sp³-hybridized carbons (Fsp3) is 0.914. The second kappa shape index (κ2) is 14.0. The zero-order valence-corrected chi connectivity index (χ0v) is 29.5. The zero-order valence-electron chi connectivity index (χ0n) is 28.6. The molecule has 0 amide bonds. The Hall–Kier alpha value is -0.720. The van der Waals surface area contributed by atoms with Crippen molar-refractivity contribution in [1.29, 1.82) is 0 Å². The molecule has 0 radical (unpaired) electrons. The maximum absolute atomic E-state index is 12.6. The van der Waals surface area contributed by atoms with Gasteiger partial charge in [0.15, 0.2) is 0 Å². The Morgan fingerprint density at radius 1 is 1.02 bits per heavy atom. The Kier molecular flexibility index (Phi) is 11.4. The van der Waals surface area contributed by atoms with E-state index in [9.17, 15) is 14.3 Å². The van der Waals surface area contributed by atoms with E-state index in [0.29, 0.717) is 16.4 Å². The number of ether oxygens (including phenoxy) is 1. The molecule has 248 valence electrons. The van der Waals surface area contributed by atoms with Crippen molar-refractivity contribution < 1.29 is 32.5 Å². The van der Waals surface area contributed by atoms with E-state index >= 15 is 0 Å². The van der Waals surface area contributed by atoms with Gasteiger partial charge in [-0.05, 0) is 91.3 Å². The van der Waals surface area contributed by atoms with Gasteiger partial charge in [0.05, 0.1) is 34.2 Å². The van der Waals surface area contributed by atoms with Gasteiger partial charge in [0, 0.05) is 6.42 Å². The van der Waals surface area contributed by atoms with Gasteiger partial charge < -0.3 is 14.1 Å². The maximum atomic E-state index is 12.6. The molecule has 0 aliphatic heterocycles. The van der Waals surface area contributed by atoms with Gasteiger partial charge in [-0.2, -0.15) is 0 Å². The number of carbonyl (C=O) groups excluding carboxylic acids is 1. The summed E-state index contributed by atoms with van der Waals surface area (Å²) in [6.07, 6.45) is 15.9. The molecular formula is C35H63NO6P+. The average molecular weight is 625 g/mol. The summed E-state index contributed by atoms with van der Waals surface area (Å²) in [6, 6.07) is 0. The predicted molar refractivity (Wildman–Crippen MR) is 172 cm³/mol. The van der Waals surface area contributed by atoms with Crippen LogP contribution in [0.25, 0.3) is 0 Å². The third kappa shape index (κ3) is 8.56. The van der Waals surface area contributed by atoms with Crippen LogP contribution in [0.2, 0.25) is 0 Å². The minimum absolute atomic E-state index is 0.0575. The molecule has 1 N–H and O–H groups in total. The quantitative estimate of drug-likeness (QED) is 0.0909. The molecule has 3 saturated carbocycles. The molecule has 4 rings (SSSR count). The van der Waals surface area contributed by atoms with E-state index in [1.165, 1.54) is 56.9 Å². The van der Waals surface area contributed by atoms with Crippen LogP contribution in [0.4, 0.5) is 0 Å². The van der Waals surface area contributed by atoms with Crippen LogP contribution in [0.3, 0.4) is 0 Å². The van der Waals surface area contributed by atoms with Crippen molar-refractivity contribution in [2.45, 2.75) is 118 Å². The monoisotopic (exact) mass is 624 g/mol. The number of nitrogens with zero attached hydrogens (tertiary/aromatic N) is 1. The summed E-state index contributed by atoms with van der Waals surface area (Å²) >= 11 is 0. The number of hydrogen-bond acceptors (Lipinski definition) is 5. The highest BCUT2D eigenvalue weighted by Gasteiger charge is 2.59. The van der Waals surface area contributed by atoms with Crippen LogP contribution in [-0.2, 0) is 23.1 Å². The van der Waals surface area contributed by atoms with E-state index in [1.807, 2.05) is 21.1 Å². The van der Waals surface area contributed by atoms with Gasteiger partial charge in [-0.15, -0.1) is 0 Å². The minimum Gasteiger partial charge on any atom is -0.462 e. The van der Waals surface area contributed by atoms with Crippen molar-refractivity contribution in [2.75, 3.05) is 40.9 Å². The molecule has 7 nitrogen and oxygen atoms in total. The topological polar surface area (TPSA) is 82.1 Å². The highest BCUT2D eigenvalue weighted by atomic mass is 31.2. The van der Waals surface area contributed by atoms with E-state index in [-0.39, 0.29) is 37.1 Å². The number of phosphoric ester groups is 1. The standard InChI is InChI=1S/C35H62NO6P/c1-25(2)10-9-11-26(3)30-14-15-31-29-13-12-27-24-28(16-19-34(27,4)32(29)17-20-35(30,31)5)42-33(37)18-22-40-43(38,39)41-23-21-36(6,7)8/h12,25-26,28-32H,9-11,13-24H2,1-8H3/p+1/t26-,28?,29+,30-,31+,32+,34+,35-/m1/s1. The first-order valence-corrected chi connectivity index (χ1v) is 18.8. The molecule has 0 aromatic carbocycles. The summed E-state index contributed by atoms with van der Waals surface area (Å²) in [5.41, 5.74) is 2.20. The van der Waals surface area contributed by atoms with E-state index in [1.54, 1.807) is 0 Å². The van der Waals surface area contributed by atoms with Gasteiger partial charge in [-0.1, -0.05) is 65.5 Å². The molecule has 9 atom stereocenters. The van der Waals surface area contributed by atoms with Gasteiger partial charge in [0.1, 0.15) is 19.3 Å². The third-order valence-corrected chi connectivity index (χ3v) is 13.2. The van der Waals surface area contributed by atoms with E-state index < -0.39 is 7.82 Å². The fourth-order valence-corrected chi connectivity index (χ4v) is 10.4. The van der Waals surface area contributed by atoms with Gasteiger partial charge >= 0.3 is 13.8 Å². The number of hydrogen-bond donors (Lipinski definition) is 1. The lowest BCUT2D eigenvalue weighted by Gasteiger charge is -2.58. The lowest BCUT2D eigenvalue weighted by molar-refractivity contribution is -0.870. The summed E-state index contributed by atoms with van der Waals surface area (Å²) in [4.78, 5) is 22.5. The number of quaternary nitrogens is 1. The van der Waals surface area contributed by atoms with Crippen molar-refractivity contribution in [1.82, 2.24) is 0 Å². The highest BCUT2D eigenvalue weighted by Crippen LogP contribution is 2.67. The molecule has 0 heterocycles. The number of carbonyl (C=O) groups is 1. The lowest BCUT2D eigenvalue weighted by atomic mass is 9.47. The lowest BCUT2D eigenvalue weighted by Crippen LogP contribution is -2.51. The maximum Gasteiger partial charge on any atom is 0.472 e. The van der Waals surface area contributed by atoms with Crippen molar-refractivity contribution in [3.8, 4) is 0 Å². The summed E-state index contributed by atoms with van der Waals surface area (Å²) in [5, 5.41) is 0. The smallest absolute Gasteiger partial charge is 0.462 e. The second-order valence-corrected chi connectivity index (χ2v) is 18.0. The van der Waals surface area contributed by atoms with Crippen LogP contribution in [0, 0.1) is 46.3 Å². The summed E-state index contributed by atoms with van der Waals surface area (Å²) in [5.74, 6) is 4.50. The van der Waals surface area contributed by atoms with Crippen LogP contribution in [0.1, 0.15) is 112 Å². The van der Waals surface area contributed by atoms with Crippen LogP contribution in [0.15, 0.2) is 11.6 Å². The van der Waals surface area contributed by atoms with Gasteiger partial charge in [-0.3, -0.25) is 13.8 Å². The Morgan fingerprint density at radius 2 is 1.74 bits per heavy atom. The Labute approximate surface area is 262 Å². The molecule has 4 aliphatic rings. The molecule has 2 unspecified atom stereocenters. The van der Waals surface area contributed by atoms with Crippen LogP contribution in [0.5, 0.6) is 0 Å². The minimum atomic E-state index is -4.18. The molecule has 8 heteroatoms. The summed E-state index contributed by atoms with van der Waals surface area (Å²) in [7, 11) is 1.75. The predicted octanol–water partition coefficient (Wildman–Crippen LogP) is 8.17. The van der Waals surface area contributed by atoms with Gasteiger partial charge in [0.25, 0.3) is 0 Å². The summed E-state index contributed by atoms with van der Waals surface area (Å²) in [6.45, 7) is 12.9. The first-order chi connectivity index (χ1) is 20.0. The molecular weight excluding hydrogens is 561 g/mol. The molecule has 3 fully saturated rings. The summed E-state index contributed by atoms with van der Waals surface area (Å²) < 4.78 is 28.7. The Morgan fingerprint density at radius 3 is 2.44 bits per heavy atom. The van der Waals surface area contributed by atoms with Gasteiger partial charge in [-0.25, -0.2) is 4.57 Å². The number of rotatable bonds is 14. The van der Waals surface area contributed by atoms with Crippen LogP contribution >= 0.6 is 7.82 Å². The fourth-order valence-electron chi connectivity index (χ4n) is 9.71. The average Bonchev–Trinajstić information content (AvgIpc) is 3.25. The normalized spacial score (nSPS) is 36.2. The number of allylic oxidation sites excluding steroid dienone is 1.